The monoisotopic (exact) mass is 349 g/mol. The second kappa shape index (κ2) is 7.82. The number of ether oxygens (including phenoxy) is 1. The van der Waals surface area contributed by atoms with Gasteiger partial charge in [0.05, 0.1) is 6.10 Å². The van der Waals surface area contributed by atoms with Crippen LogP contribution in [0.4, 0.5) is 9.18 Å². The lowest BCUT2D eigenvalue weighted by molar-refractivity contribution is 0.0499. The van der Waals surface area contributed by atoms with Crippen LogP contribution in [0.1, 0.15) is 29.6 Å². The number of amides is 3. The zero-order valence-electron chi connectivity index (χ0n) is 14.4. The summed E-state index contributed by atoms with van der Waals surface area (Å²) < 4.78 is 18.3. The molecule has 3 rings (SSSR count). The summed E-state index contributed by atoms with van der Waals surface area (Å²) in [6, 6.07) is 5.43. The number of urea groups is 1. The van der Waals surface area contributed by atoms with Gasteiger partial charge in [0.15, 0.2) is 0 Å². The summed E-state index contributed by atoms with van der Waals surface area (Å²) in [5, 5.41) is 3.02. The topological polar surface area (TPSA) is 61.9 Å². The van der Waals surface area contributed by atoms with E-state index in [0.29, 0.717) is 31.7 Å². The van der Waals surface area contributed by atoms with Crippen LogP contribution in [0.2, 0.25) is 0 Å². The number of carbonyl (C=O) groups excluding carboxylic acids is 2. The summed E-state index contributed by atoms with van der Waals surface area (Å²) in [6.07, 6.45) is 2.67. The number of piperidine rings is 1. The van der Waals surface area contributed by atoms with Gasteiger partial charge in [0.25, 0.3) is 5.91 Å². The second-order valence-corrected chi connectivity index (χ2v) is 6.62. The molecule has 2 fully saturated rings. The van der Waals surface area contributed by atoms with Crippen LogP contribution in [-0.4, -0.2) is 67.2 Å². The number of nitrogens with zero attached hydrogens (tertiary/aromatic N) is 2. The molecule has 2 saturated heterocycles. The fraction of sp³-hybridized carbons (Fsp3) is 0.556. The van der Waals surface area contributed by atoms with Crippen LogP contribution in [0.25, 0.3) is 0 Å². The van der Waals surface area contributed by atoms with Crippen molar-refractivity contribution in [1.29, 1.82) is 0 Å². The van der Waals surface area contributed by atoms with Gasteiger partial charge >= 0.3 is 6.03 Å². The highest BCUT2D eigenvalue weighted by atomic mass is 19.1. The van der Waals surface area contributed by atoms with E-state index in [1.165, 1.54) is 24.3 Å². The van der Waals surface area contributed by atoms with E-state index in [9.17, 15) is 14.0 Å². The maximum Gasteiger partial charge on any atom is 0.317 e. The molecule has 2 heterocycles. The summed E-state index contributed by atoms with van der Waals surface area (Å²) in [7, 11) is 1.70. The van der Waals surface area contributed by atoms with Crippen LogP contribution >= 0.6 is 0 Å². The van der Waals surface area contributed by atoms with E-state index in [2.05, 4.69) is 5.32 Å². The number of likely N-dealkylation sites (tertiary alicyclic amines) is 2. The number of rotatable bonds is 3. The van der Waals surface area contributed by atoms with E-state index in [0.717, 1.165) is 19.3 Å². The molecule has 2 aliphatic heterocycles. The van der Waals surface area contributed by atoms with Gasteiger partial charge in [0.1, 0.15) is 5.82 Å². The molecular formula is C18H24FN3O3. The first-order valence-electron chi connectivity index (χ1n) is 8.70. The zero-order chi connectivity index (χ0) is 17.8. The standard InChI is InChI=1S/C18H24FN3O3/c1-25-16-7-10-21(11-8-16)18(24)20-15-6-9-22(12-15)17(23)13-2-4-14(19)5-3-13/h2-5,15-16H,6-12H2,1H3,(H,20,24)/t15-/m0/s1. The lowest BCUT2D eigenvalue weighted by atomic mass is 10.1. The number of methoxy groups -OCH3 is 1. The Kier molecular flexibility index (Phi) is 5.53. The van der Waals surface area contributed by atoms with Gasteiger partial charge < -0.3 is 19.9 Å². The normalized spacial score (nSPS) is 21.4. The predicted octanol–water partition coefficient (Wildman–Crippen LogP) is 1.86. The molecule has 0 radical (unpaired) electrons. The fourth-order valence-electron chi connectivity index (χ4n) is 3.40. The SMILES string of the molecule is COC1CCN(C(=O)N[C@H]2CCN(C(=O)c3ccc(F)cc3)C2)CC1. The molecule has 0 unspecified atom stereocenters. The minimum absolute atomic E-state index is 0.0444. The Balaban J connectivity index is 1.48. The largest absolute Gasteiger partial charge is 0.381 e. The van der Waals surface area contributed by atoms with Crippen LogP contribution in [0.3, 0.4) is 0 Å². The second-order valence-electron chi connectivity index (χ2n) is 6.62. The van der Waals surface area contributed by atoms with Crippen LogP contribution in [0.15, 0.2) is 24.3 Å². The van der Waals surface area contributed by atoms with E-state index in [-0.39, 0.29) is 29.9 Å². The molecule has 3 amide bonds. The first-order valence-corrected chi connectivity index (χ1v) is 8.70. The van der Waals surface area contributed by atoms with E-state index in [1.54, 1.807) is 16.9 Å². The highest BCUT2D eigenvalue weighted by Gasteiger charge is 2.30. The van der Waals surface area contributed by atoms with Gasteiger partial charge in [-0.05, 0) is 43.5 Å². The summed E-state index contributed by atoms with van der Waals surface area (Å²) in [4.78, 5) is 28.3. The highest BCUT2D eigenvalue weighted by Crippen LogP contribution is 2.16. The number of halogens is 1. The van der Waals surface area contributed by atoms with E-state index < -0.39 is 0 Å². The molecule has 136 valence electrons. The molecule has 6 nitrogen and oxygen atoms in total. The van der Waals surface area contributed by atoms with Gasteiger partial charge in [0, 0.05) is 44.9 Å². The lowest BCUT2D eigenvalue weighted by Gasteiger charge is -2.32. The van der Waals surface area contributed by atoms with Crippen molar-refractivity contribution >= 4 is 11.9 Å². The third-order valence-corrected chi connectivity index (χ3v) is 4.96. The molecule has 7 heteroatoms. The molecule has 25 heavy (non-hydrogen) atoms. The average molecular weight is 349 g/mol. The number of benzene rings is 1. The number of hydrogen-bond donors (Lipinski definition) is 1. The molecule has 0 aromatic heterocycles. The van der Waals surface area contributed by atoms with E-state index in [1.807, 2.05) is 0 Å². The third kappa shape index (κ3) is 4.28. The van der Waals surface area contributed by atoms with Crippen molar-refractivity contribution in [3.05, 3.63) is 35.6 Å². The summed E-state index contributed by atoms with van der Waals surface area (Å²) in [5.74, 6) is -0.488. The molecule has 0 spiro atoms. The van der Waals surface area contributed by atoms with Crippen LogP contribution in [0.5, 0.6) is 0 Å². The van der Waals surface area contributed by atoms with Crippen LogP contribution in [-0.2, 0) is 4.74 Å². The molecule has 0 saturated carbocycles. The molecule has 1 aromatic carbocycles. The summed E-state index contributed by atoms with van der Waals surface area (Å²) in [6.45, 7) is 2.45. The van der Waals surface area contributed by atoms with Gasteiger partial charge in [0.2, 0.25) is 0 Å². The Hall–Kier alpha value is -2.15. The van der Waals surface area contributed by atoms with Crippen LogP contribution < -0.4 is 5.32 Å². The van der Waals surface area contributed by atoms with Crippen molar-refractivity contribution in [2.75, 3.05) is 33.3 Å². The Morgan fingerprint density at radius 3 is 2.36 bits per heavy atom. The fourth-order valence-corrected chi connectivity index (χ4v) is 3.40. The Morgan fingerprint density at radius 2 is 1.72 bits per heavy atom. The van der Waals surface area contributed by atoms with Gasteiger partial charge in [-0.2, -0.15) is 0 Å². The molecule has 0 bridgehead atoms. The lowest BCUT2D eigenvalue weighted by Crippen LogP contribution is -2.49. The Morgan fingerprint density at radius 1 is 1.08 bits per heavy atom. The Bertz CT molecular complexity index is 614. The van der Waals surface area contributed by atoms with Gasteiger partial charge in [-0.15, -0.1) is 0 Å². The number of nitrogens with one attached hydrogen (secondary N) is 1. The molecule has 1 aromatic rings. The summed E-state index contributed by atoms with van der Waals surface area (Å²) >= 11 is 0. The minimum Gasteiger partial charge on any atom is -0.381 e. The number of hydrogen-bond acceptors (Lipinski definition) is 3. The van der Waals surface area contributed by atoms with Crippen molar-refractivity contribution in [3.8, 4) is 0 Å². The van der Waals surface area contributed by atoms with Gasteiger partial charge in [-0.3, -0.25) is 4.79 Å². The van der Waals surface area contributed by atoms with Gasteiger partial charge in [-0.25, -0.2) is 9.18 Å². The first-order chi connectivity index (χ1) is 12.1. The van der Waals surface area contributed by atoms with E-state index in [4.69, 9.17) is 4.74 Å². The molecule has 0 aliphatic carbocycles. The highest BCUT2D eigenvalue weighted by molar-refractivity contribution is 5.94. The smallest absolute Gasteiger partial charge is 0.317 e. The van der Waals surface area contributed by atoms with Gasteiger partial charge in [-0.1, -0.05) is 0 Å². The predicted molar refractivity (Wildman–Crippen MR) is 90.8 cm³/mol. The summed E-state index contributed by atoms with van der Waals surface area (Å²) in [5.41, 5.74) is 0.468. The minimum atomic E-state index is -0.361. The van der Waals surface area contributed by atoms with Crippen molar-refractivity contribution < 1.29 is 18.7 Å². The van der Waals surface area contributed by atoms with Crippen LogP contribution in [0, 0.1) is 5.82 Å². The third-order valence-electron chi connectivity index (χ3n) is 4.96. The maximum atomic E-state index is 13.0. The molecular weight excluding hydrogens is 325 g/mol. The first kappa shape index (κ1) is 17.7. The van der Waals surface area contributed by atoms with Crippen molar-refractivity contribution in [2.24, 2.45) is 0 Å². The van der Waals surface area contributed by atoms with E-state index >= 15 is 0 Å². The molecule has 2 aliphatic rings. The Labute approximate surface area is 146 Å². The average Bonchev–Trinajstić information content (AvgIpc) is 3.10. The maximum absolute atomic E-state index is 13.0. The quantitative estimate of drug-likeness (QED) is 0.906. The molecule has 1 N–H and O–H groups in total. The van der Waals surface area contributed by atoms with Crippen molar-refractivity contribution in [2.45, 2.75) is 31.4 Å². The van der Waals surface area contributed by atoms with Crippen molar-refractivity contribution in [3.63, 3.8) is 0 Å². The molecule has 1 atom stereocenters. The zero-order valence-corrected chi connectivity index (χ0v) is 14.4. The number of carbonyl (C=O) groups is 2. The van der Waals surface area contributed by atoms with Crippen molar-refractivity contribution in [1.82, 2.24) is 15.1 Å².